The summed E-state index contributed by atoms with van der Waals surface area (Å²) in [7, 11) is 1.92. The van der Waals surface area contributed by atoms with E-state index in [1.165, 1.54) is 5.56 Å². The molecule has 1 aliphatic rings. The predicted octanol–water partition coefficient (Wildman–Crippen LogP) is 1.44. The molecule has 6 nitrogen and oxygen atoms in total. The minimum atomic E-state index is 0.161. The molecule has 3 N–H and O–H groups in total. The fourth-order valence-electron chi connectivity index (χ4n) is 2.55. The number of fused-ring (bicyclic) bond motifs is 1. The molecule has 2 aromatic rings. The smallest absolute Gasteiger partial charge is 0.351 e. The van der Waals surface area contributed by atoms with E-state index >= 15 is 0 Å². The summed E-state index contributed by atoms with van der Waals surface area (Å²) in [4.78, 5) is 8.45. The fraction of sp³-hybridized carbons (Fsp3) is 0.400. The van der Waals surface area contributed by atoms with Gasteiger partial charge >= 0.3 is 11.9 Å². The van der Waals surface area contributed by atoms with Crippen molar-refractivity contribution in [3.8, 4) is 5.75 Å². The lowest BCUT2D eigenvalue weighted by Crippen LogP contribution is -2.40. The van der Waals surface area contributed by atoms with Gasteiger partial charge in [0.2, 0.25) is 5.82 Å². The van der Waals surface area contributed by atoms with Gasteiger partial charge in [0.15, 0.2) is 0 Å². The molecular formula is C15H20N5O+. The number of rotatable bonds is 2. The van der Waals surface area contributed by atoms with Gasteiger partial charge in [-0.15, -0.1) is 0 Å². The molecule has 1 unspecified atom stereocenters. The van der Waals surface area contributed by atoms with Gasteiger partial charge in [-0.05, 0) is 19.1 Å². The van der Waals surface area contributed by atoms with Crippen molar-refractivity contribution in [1.29, 1.82) is 0 Å². The number of nitrogens with zero attached hydrogens (tertiary/aromatic N) is 3. The van der Waals surface area contributed by atoms with Gasteiger partial charge in [0, 0.05) is 18.9 Å². The summed E-state index contributed by atoms with van der Waals surface area (Å²) < 4.78 is 7.62. The molecule has 0 spiro atoms. The first-order chi connectivity index (χ1) is 10.0. The molecule has 3 rings (SSSR count). The van der Waals surface area contributed by atoms with Gasteiger partial charge < -0.3 is 10.5 Å². The normalized spacial score (nSPS) is 17.0. The van der Waals surface area contributed by atoms with Crippen LogP contribution in [-0.4, -0.2) is 16.6 Å². The molecule has 110 valence electrons. The van der Waals surface area contributed by atoms with Gasteiger partial charge in [0.25, 0.3) is 0 Å². The van der Waals surface area contributed by atoms with Gasteiger partial charge in [-0.25, -0.2) is 4.57 Å². The van der Waals surface area contributed by atoms with E-state index in [2.05, 4.69) is 34.3 Å². The molecule has 1 aromatic heterocycles. The molecule has 2 heterocycles. The van der Waals surface area contributed by atoms with Crippen molar-refractivity contribution in [2.45, 2.75) is 26.3 Å². The lowest BCUT2D eigenvalue weighted by atomic mass is 9.99. The molecule has 0 aliphatic carbocycles. The Kier molecular flexibility index (Phi) is 3.37. The van der Waals surface area contributed by atoms with Crippen molar-refractivity contribution >= 4 is 11.9 Å². The third-order valence-corrected chi connectivity index (χ3v) is 3.81. The Bertz CT molecular complexity index is 686. The highest BCUT2D eigenvalue weighted by Gasteiger charge is 2.26. The molecule has 1 aliphatic heterocycles. The number of aryl methyl sites for hydroxylation is 2. The Morgan fingerprint density at radius 2 is 2.14 bits per heavy atom. The maximum atomic E-state index is 5.75. The summed E-state index contributed by atoms with van der Waals surface area (Å²) in [6.07, 6.45) is 0.888. The highest BCUT2D eigenvalue weighted by Crippen LogP contribution is 2.34. The maximum absolute atomic E-state index is 5.75. The zero-order valence-corrected chi connectivity index (χ0v) is 12.6. The monoisotopic (exact) mass is 286 g/mol. The van der Waals surface area contributed by atoms with Crippen molar-refractivity contribution in [1.82, 2.24) is 9.97 Å². The Morgan fingerprint density at radius 3 is 2.95 bits per heavy atom. The fourth-order valence-corrected chi connectivity index (χ4v) is 2.55. The van der Waals surface area contributed by atoms with E-state index in [0.717, 1.165) is 29.5 Å². The van der Waals surface area contributed by atoms with E-state index in [0.29, 0.717) is 6.61 Å². The number of nitrogens with one attached hydrogen (secondary N) is 1. The lowest BCUT2D eigenvalue weighted by Gasteiger charge is -2.25. The van der Waals surface area contributed by atoms with Crippen LogP contribution in [0.3, 0.4) is 0 Å². The van der Waals surface area contributed by atoms with Crippen molar-refractivity contribution in [3.05, 3.63) is 35.2 Å². The van der Waals surface area contributed by atoms with Crippen LogP contribution < -0.4 is 20.4 Å². The van der Waals surface area contributed by atoms with E-state index in [1.54, 1.807) is 0 Å². The van der Waals surface area contributed by atoms with Crippen molar-refractivity contribution in [3.63, 3.8) is 0 Å². The van der Waals surface area contributed by atoms with Gasteiger partial charge in [0.1, 0.15) is 5.75 Å². The maximum Gasteiger partial charge on any atom is 0.351 e. The number of nitrogen functional groups attached to an aromatic ring is 1. The molecule has 6 heteroatoms. The summed E-state index contributed by atoms with van der Waals surface area (Å²) in [6.45, 7) is 4.68. The summed E-state index contributed by atoms with van der Waals surface area (Å²) >= 11 is 0. The lowest BCUT2D eigenvalue weighted by molar-refractivity contribution is -0.669. The van der Waals surface area contributed by atoms with Crippen LogP contribution in [0.1, 0.15) is 29.4 Å². The molecule has 0 fully saturated rings. The van der Waals surface area contributed by atoms with Crippen LogP contribution in [0.15, 0.2) is 18.2 Å². The van der Waals surface area contributed by atoms with Crippen molar-refractivity contribution in [2.24, 2.45) is 7.05 Å². The third-order valence-electron chi connectivity index (χ3n) is 3.81. The second-order valence-corrected chi connectivity index (χ2v) is 5.39. The summed E-state index contributed by atoms with van der Waals surface area (Å²) in [6, 6.07) is 6.41. The van der Waals surface area contributed by atoms with Crippen LogP contribution in [0.2, 0.25) is 0 Å². The summed E-state index contributed by atoms with van der Waals surface area (Å²) in [5, 5.41) is 3.47. The number of anilines is 2. The highest BCUT2D eigenvalue weighted by atomic mass is 16.5. The Labute approximate surface area is 124 Å². The van der Waals surface area contributed by atoms with E-state index in [9.17, 15) is 0 Å². The topological polar surface area (TPSA) is 76.9 Å². The molecule has 0 radical (unpaired) electrons. The zero-order chi connectivity index (χ0) is 15.0. The zero-order valence-electron chi connectivity index (χ0n) is 12.6. The first-order valence-corrected chi connectivity index (χ1v) is 7.04. The minimum absolute atomic E-state index is 0.161. The summed E-state index contributed by atoms with van der Waals surface area (Å²) in [5.74, 6) is 2.76. The molecule has 1 atom stereocenters. The van der Waals surface area contributed by atoms with Crippen LogP contribution in [0.4, 0.5) is 11.9 Å². The van der Waals surface area contributed by atoms with Crippen LogP contribution >= 0.6 is 0 Å². The molecule has 21 heavy (non-hydrogen) atoms. The average Bonchev–Trinajstić information content (AvgIpc) is 2.45. The molecule has 0 saturated heterocycles. The van der Waals surface area contributed by atoms with Crippen LogP contribution in [0.5, 0.6) is 5.75 Å². The molecule has 0 bridgehead atoms. The first-order valence-electron chi connectivity index (χ1n) is 7.04. The standard InChI is InChI=1S/C15H19N5O/c1-9-4-5-13-11(8-9)12(6-7-21-13)18-15-19-14(16)17-10(2)20(15)3/h4-5,8,12H,6-7H2,1-3H3,(H2,16,18,19)/p+1. The Morgan fingerprint density at radius 1 is 1.33 bits per heavy atom. The van der Waals surface area contributed by atoms with E-state index in [-0.39, 0.29) is 12.0 Å². The molecule has 1 aromatic carbocycles. The second-order valence-electron chi connectivity index (χ2n) is 5.39. The van der Waals surface area contributed by atoms with E-state index in [1.807, 2.05) is 24.6 Å². The average molecular weight is 286 g/mol. The van der Waals surface area contributed by atoms with Gasteiger partial charge in [-0.3, -0.25) is 5.32 Å². The number of hydrogen-bond acceptors (Lipinski definition) is 5. The number of benzene rings is 1. The molecule has 0 saturated carbocycles. The van der Waals surface area contributed by atoms with Gasteiger partial charge in [-0.2, -0.15) is 0 Å². The quantitative estimate of drug-likeness (QED) is 0.817. The Hall–Kier alpha value is -2.37. The first kappa shape index (κ1) is 13.6. The molecule has 0 amide bonds. The van der Waals surface area contributed by atoms with Gasteiger partial charge in [0.05, 0.1) is 19.7 Å². The number of ether oxygens (including phenoxy) is 1. The largest absolute Gasteiger partial charge is 0.493 e. The van der Waals surface area contributed by atoms with E-state index < -0.39 is 0 Å². The van der Waals surface area contributed by atoms with Crippen LogP contribution in [0, 0.1) is 13.8 Å². The van der Waals surface area contributed by atoms with Crippen LogP contribution in [0.25, 0.3) is 0 Å². The third kappa shape index (κ3) is 2.61. The SMILES string of the molecule is Cc1ccc2c(c1)C(Nc1nc(N)nc(C)[n+]1C)CCO2. The highest BCUT2D eigenvalue weighted by molar-refractivity contribution is 5.43. The summed E-state index contributed by atoms with van der Waals surface area (Å²) in [5.41, 5.74) is 8.13. The number of nitrogens with two attached hydrogens (primary N) is 1. The predicted molar refractivity (Wildman–Crippen MR) is 80.0 cm³/mol. The van der Waals surface area contributed by atoms with Crippen LogP contribution in [-0.2, 0) is 7.05 Å². The second kappa shape index (κ2) is 5.20. The molecular weight excluding hydrogens is 266 g/mol. The minimum Gasteiger partial charge on any atom is -0.493 e. The number of hydrogen-bond donors (Lipinski definition) is 2. The van der Waals surface area contributed by atoms with Gasteiger partial charge in [-0.1, -0.05) is 21.6 Å². The van der Waals surface area contributed by atoms with Crippen molar-refractivity contribution in [2.75, 3.05) is 17.7 Å². The van der Waals surface area contributed by atoms with E-state index in [4.69, 9.17) is 10.5 Å². The Balaban J connectivity index is 1.95. The van der Waals surface area contributed by atoms with Crippen molar-refractivity contribution < 1.29 is 9.30 Å². The number of aromatic nitrogens is 3.